The lowest BCUT2D eigenvalue weighted by molar-refractivity contribution is -0.175. The molecule has 3 saturated heterocycles. The molecule has 3 heterocycles. The number of hydrogen-bond acceptors (Lipinski definition) is 7. The summed E-state index contributed by atoms with van der Waals surface area (Å²) in [5.41, 5.74) is 0.990. The van der Waals surface area contributed by atoms with Gasteiger partial charge < -0.3 is 14.5 Å². The summed E-state index contributed by atoms with van der Waals surface area (Å²) in [5.74, 6) is -1.31. The van der Waals surface area contributed by atoms with Crippen molar-refractivity contribution in [1.82, 2.24) is 14.8 Å². The predicted octanol–water partition coefficient (Wildman–Crippen LogP) is 5.27. The molecule has 2 amide bonds. The Balaban J connectivity index is 1.31. The van der Waals surface area contributed by atoms with Gasteiger partial charge in [0.25, 0.3) is 5.91 Å². The number of fused-ring (bicyclic) bond motifs is 1. The summed E-state index contributed by atoms with van der Waals surface area (Å²) in [6.07, 6.45) is -0.691. The second-order valence-electron chi connectivity index (χ2n) is 11.6. The van der Waals surface area contributed by atoms with Crippen LogP contribution in [0, 0.1) is 4.91 Å². The zero-order chi connectivity index (χ0) is 30.5. The van der Waals surface area contributed by atoms with E-state index in [0.29, 0.717) is 5.56 Å². The molecule has 11 heteroatoms. The molecule has 3 aliphatic heterocycles. The van der Waals surface area contributed by atoms with Crippen LogP contribution in [0.5, 0.6) is 0 Å². The van der Waals surface area contributed by atoms with Crippen molar-refractivity contribution < 1.29 is 19.1 Å². The molecule has 3 aromatic rings. The predicted molar refractivity (Wildman–Crippen MR) is 163 cm³/mol. The molecular formula is C32H31ClN4O5S. The molecule has 5 atom stereocenters. The molecule has 0 spiro atoms. The first-order valence-corrected chi connectivity index (χ1v) is 15.4. The van der Waals surface area contributed by atoms with Gasteiger partial charge in [-0.1, -0.05) is 91.0 Å². The minimum atomic E-state index is -1.20. The summed E-state index contributed by atoms with van der Waals surface area (Å²) < 4.78 is 5.30. The van der Waals surface area contributed by atoms with Crippen LogP contribution in [-0.4, -0.2) is 66.3 Å². The van der Waals surface area contributed by atoms with Crippen molar-refractivity contribution in [3.63, 3.8) is 0 Å². The van der Waals surface area contributed by atoms with Crippen molar-refractivity contribution in [2.45, 2.75) is 60.8 Å². The quantitative estimate of drug-likeness (QED) is 0.147. The molecule has 2 unspecified atom stereocenters. The van der Waals surface area contributed by atoms with Crippen LogP contribution in [0.3, 0.4) is 0 Å². The van der Waals surface area contributed by atoms with Crippen molar-refractivity contribution in [1.29, 1.82) is 0 Å². The van der Waals surface area contributed by atoms with Crippen molar-refractivity contribution in [2.75, 3.05) is 5.88 Å². The number of rotatable bonds is 8. The maximum Gasteiger partial charge on any atom is 0.331 e. The van der Waals surface area contributed by atoms with Crippen LogP contribution in [0.2, 0.25) is 0 Å². The Hall–Kier alpha value is -3.89. The summed E-state index contributed by atoms with van der Waals surface area (Å²) in [4.78, 5) is 57.0. The van der Waals surface area contributed by atoms with E-state index in [9.17, 15) is 19.3 Å². The normalized spacial score (nSPS) is 27.7. The Morgan fingerprint density at radius 1 is 0.907 bits per heavy atom. The molecule has 0 bridgehead atoms. The van der Waals surface area contributed by atoms with Crippen LogP contribution >= 0.6 is 23.4 Å². The van der Waals surface area contributed by atoms with E-state index < -0.39 is 57.8 Å². The lowest BCUT2D eigenvalue weighted by atomic mass is 9.93. The van der Waals surface area contributed by atoms with Crippen molar-refractivity contribution in [2.24, 2.45) is 5.29 Å². The highest BCUT2D eigenvalue weighted by Crippen LogP contribution is 2.56. The number of esters is 1. The molecule has 0 N–H and O–H groups in total. The fourth-order valence-electron chi connectivity index (χ4n) is 6.45. The second kappa shape index (κ2) is 11.0. The zero-order valence-corrected chi connectivity index (χ0v) is 25.4. The minimum Gasteiger partial charge on any atom is -0.451 e. The van der Waals surface area contributed by atoms with E-state index in [1.54, 1.807) is 38.1 Å². The first kappa shape index (κ1) is 29.2. The standard InChI is InChI=1S/C32H31ClN4O5S/c1-31(2)36(28(39)23(37(31)34-41)20-13-7-4-8-14-20)24-27(38)35-26(32(3,19-33)43-29(24)35)30(40)42-25(21-15-9-5-10-16-21)22-17-11-6-12-18-22/h4-18,23-26,29H,19H2,1-3H3/t23?,24-,26+,29+,32?/m1/s1. The first-order chi connectivity index (χ1) is 20.6. The first-order valence-electron chi connectivity index (χ1n) is 14.0. The molecule has 3 fully saturated rings. The van der Waals surface area contributed by atoms with Crippen LogP contribution in [0.25, 0.3) is 0 Å². The number of nitrogens with zero attached hydrogens (tertiary/aromatic N) is 4. The van der Waals surface area contributed by atoms with Gasteiger partial charge in [0.05, 0.1) is 10.0 Å². The van der Waals surface area contributed by atoms with Gasteiger partial charge in [-0.25, -0.2) is 9.80 Å². The summed E-state index contributed by atoms with van der Waals surface area (Å²) in [6.45, 7) is 5.23. The Labute approximate surface area is 259 Å². The van der Waals surface area contributed by atoms with E-state index in [4.69, 9.17) is 16.3 Å². The third kappa shape index (κ3) is 4.58. The van der Waals surface area contributed by atoms with Gasteiger partial charge in [-0.05, 0) is 37.5 Å². The van der Waals surface area contributed by atoms with Crippen molar-refractivity contribution in [3.05, 3.63) is 113 Å². The Morgan fingerprint density at radius 3 is 1.95 bits per heavy atom. The number of benzene rings is 3. The molecule has 9 nitrogen and oxygen atoms in total. The Bertz CT molecular complexity index is 1510. The second-order valence-corrected chi connectivity index (χ2v) is 13.5. The summed E-state index contributed by atoms with van der Waals surface area (Å²) in [7, 11) is 0. The van der Waals surface area contributed by atoms with Gasteiger partial charge in [-0.2, -0.15) is 0 Å². The highest BCUT2D eigenvalue weighted by molar-refractivity contribution is 8.01. The molecule has 0 aromatic heterocycles. The van der Waals surface area contributed by atoms with Gasteiger partial charge in [-0.3, -0.25) is 9.59 Å². The Morgan fingerprint density at radius 2 is 1.44 bits per heavy atom. The van der Waals surface area contributed by atoms with Crippen LogP contribution in [-0.2, 0) is 19.1 Å². The number of carbonyl (C=O) groups excluding carboxylic acids is 3. The van der Waals surface area contributed by atoms with Gasteiger partial charge in [-0.15, -0.1) is 28.3 Å². The number of carbonyl (C=O) groups is 3. The largest absolute Gasteiger partial charge is 0.451 e. The number of ether oxygens (including phenoxy) is 1. The molecule has 3 aliphatic rings. The highest BCUT2D eigenvalue weighted by atomic mass is 35.5. The molecule has 0 saturated carbocycles. The molecule has 0 radical (unpaired) electrons. The smallest absolute Gasteiger partial charge is 0.331 e. The molecule has 0 aliphatic carbocycles. The van der Waals surface area contributed by atoms with E-state index in [-0.39, 0.29) is 5.88 Å². The van der Waals surface area contributed by atoms with E-state index in [2.05, 4.69) is 5.29 Å². The summed E-state index contributed by atoms with van der Waals surface area (Å²) in [5, 5.41) is 3.86. The van der Waals surface area contributed by atoms with Crippen molar-refractivity contribution in [3.8, 4) is 0 Å². The fraction of sp³-hybridized carbons (Fsp3) is 0.344. The Kier molecular flexibility index (Phi) is 7.46. The summed E-state index contributed by atoms with van der Waals surface area (Å²) in [6, 6.07) is 24.9. The van der Waals surface area contributed by atoms with Crippen LogP contribution in [0.4, 0.5) is 0 Å². The third-order valence-corrected chi connectivity index (χ3v) is 10.9. The number of halogens is 1. The van der Waals surface area contributed by atoms with E-state index in [1.807, 2.05) is 73.7 Å². The summed E-state index contributed by atoms with van der Waals surface area (Å²) >= 11 is 7.87. The topological polar surface area (TPSA) is 99.6 Å². The number of amides is 2. The maximum absolute atomic E-state index is 14.0. The number of β-lactam (4-membered cyclic amide) rings is 1. The molecule has 3 aromatic carbocycles. The van der Waals surface area contributed by atoms with Crippen LogP contribution in [0.15, 0.2) is 96.3 Å². The van der Waals surface area contributed by atoms with E-state index in [1.165, 1.54) is 26.6 Å². The van der Waals surface area contributed by atoms with E-state index in [0.717, 1.165) is 11.1 Å². The number of alkyl halides is 1. The lowest BCUT2D eigenvalue weighted by Gasteiger charge is -2.50. The van der Waals surface area contributed by atoms with Crippen LogP contribution < -0.4 is 0 Å². The minimum absolute atomic E-state index is 0.0672. The van der Waals surface area contributed by atoms with Gasteiger partial charge in [0, 0.05) is 5.88 Å². The van der Waals surface area contributed by atoms with E-state index >= 15 is 0 Å². The third-order valence-electron chi connectivity index (χ3n) is 8.57. The van der Waals surface area contributed by atoms with Gasteiger partial charge in [0.1, 0.15) is 23.1 Å². The van der Waals surface area contributed by atoms with Crippen LogP contribution in [0.1, 0.15) is 49.6 Å². The number of nitroso groups, excluding NO2 is 1. The number of hydrogen-bond donors (Lipinski definition) is 0. The molecule has 222 valence electrons. The average molecular weight is 619 g/mol. The monoisotopic (exact) mass is 618 g/mol. The average Bonchev–Trinajstić information content (AvgIpc) is 3.41. The molecular weight excluding hydrogens is 588 g/mol. The highest BCUT2D eigenvalue weighted by Gasteiger charge is 2.71. The molecule has 43 heavy (non-hydrogen) atoms. The molecule has 6 rings (SSSR count). The van der Waals surface area contributed by atoms with Gasteiger partial charge in [0.15, 0.2) is 12.1 Å². The fourth-order valence-corrected chi connectivity index (χ4v) is 8.44. The maximum atomic E-state index is 14.0. The zero-order valence-electron chi connectivity index (χ0n) is 23.9. The van der Waals surface area contributed by atoms with Gasteiger partial charge in [0.2, 0.25) is 5.91 Å². The SMILES string of the molecule is CC1(CCl)S[C@H]2[C@H](N3C(=O)C(c4ccccc4)N(N=O)C3(C)C)C(=O)N2[C@H]1C(=O)OC(c1ccccc1)c1ccccc1. The lowest BCUT2D eigenvalue weighted by Crippen LogP contribution is -2.73. The van der Waals surface area contributed by atoms with Gasteiger partial charge >= 0.3 is 5.97 Å². The number of thioether (sulfide) groups is 1. The van der Waals surface area contributed by atoms with Crippen molar-refractivity contribution >= 4 is 41.1 Å².